The molecule has 4 aromatic heterocycles. The molecule has 0 bridgehead atoms. The van der Waals surface area contributed by atoms with Crippen LogP contribution in [0.25, 0.3) is 20.5 Å². The average Bonchev–Trinajstić information content (AvgIpc) is 3.68. The fourth-order valence-electron chi connectivity index (χ4n) is 6.72. The van der Waals surface area contributed by atoms with Crippen molar-refractivity contribution in [2.45, 2.75) is 64.6 Å². The molecular formula is C35H34FN5O2S. The summed E-state index contributed by atoms with van der Waals surface area (Å²) in [6.07, 6.45) is 6.63. The van der Waals surface area contributed by atoms with E-state index < -0.39 is 5.54 Å². The molecule has 44 heavy (non-hydrogen) atoms. The summed E-state index contributed by atoms with van der Waals surface area (Å²) in [6, 6.07) is 14.7. The number of benzene rings is 1. The maximum atomic E-state index is 13.8. The van der Waals surface area contributed by atoms with Crippen molar-refractivity contribution in [3.05, 3.63) is 106 Å². The summed E-state index contributed by atoms with van der Waals surface area (Å²) in [4.78, 5) is 29.1. The van der Waals surface area contributed by atoms with E-state index in [4.69, 9.17) is 9.97 Å². The molecule has 2 atom stereocenters. The van der Waals surface area contributed by atoms with E-state index >= 15 is 0 Å². The molecule has 7 rings (SSSR count). The number of fused-ring (bicyclic) bond motifs is 3. The summed E-state index contributed by atoms with van der Waals surface area (Å²) in [5.74, 6) is 0.564. The maximum absolute atomic E-state index is 13.8. The highest BCUT2D eigenvalue weighted by Crippen LogP contribution is 2.46. The van der Waals surface area contributed by atoms with Crippen LogP contribution >= 0.6 is 11.3 Å². The van der Waals surface area contributed by atoms with Crippen LogP contribution in [0.3, 0.4) is 0 Å². The third-order valence-electron chi connectivity index (χ3n) is 8.72. The number of aliphatic hydroxyl groups is 1. The maximum Gasteiger partial charge on any atom is 0.254 e. The predicted molar refractivity (Wildman–Crippen MR) is 171 cm³/mol. The van der Waals surface area contributed by atoms with Crippen molar-refractivity contribution in [1.29, 1.82) is 0 Å². The van der Waals surface area contributed by atoms with Crippen molar-refractivity contribution in [1.82, 2.24) is 20.3 Å². The lowest BCUT2D eigenvalue weighted by Gasteiger charge is -2.26. The van der Waals surface area contributed by atoms with Gasteiger partial charge in [0.1, 0.15) is 11.6 Å². The fraction of sp³-hybridized carbons (Fsp3) is 0.314. The van der Waals surface area contributed by atoms with Crippen LogP contribution < -0.4 is 10.6 Å². The van der Waals surface area contributed by atoms with E-state index in [1.54, 1.807) is 29.7 Å². The molecule has 0 saturated heterocycles. The standard InChI is InChI=1S/C35H34FN5O2S/c1-19(2)15-27-24(18-42)29(30-32(39-27)35(3,41-34(30)43)17-20-6-8-22(36)9-7-20)28-16-21-12-14-38-33(31(21)44-28)40-26-11-10-25-23(26)5-4-13-37-25/h4-9,12-14,16,19,26,42H,10-11,15,17-18H2,1-3H3,(H,38,40)(H,41,43)/t26?,35-/m0/s1. The van der Waals surface area contributed by atoms with Crippen molar-refractivity contribution in [2.75, 3.05) is 5.32 Å². The van der Waals surface area contributed by atoms with Gasteiger partial charge in [-0.1, -0.05) is 32.0 Å². The monoisotopic (exact) mass is 607 g/mol. The van der Waals surface area contributed by atoms with Crippen LogP contribution in [0.4, 0.5) is 10.2 Å². The molecule has 0 spiro atoms. The lowest BCUT2D eigenvalue weighted by molar-refractivity contribution is 0.0935. The Morgan fingerprint density at radius 2 is 1.95 bits per heavy atom. The first kappa shape index (κ1) is 28.6. The van der Waals surface area contributed by atoms with Crippen LogP contribution in [0.15, 0.2) is 60.9 Å². The third kappa shape index (κ3) is 4.94. The highest BCUT2D eigenvalue weighted by Gasteiger charge is 2.44. The first-order valence-corrected chi connectivity index (χ1v) is 15.9. The number of carbonyl (C=O) groups is 1. The van der Waals surface area contributed by atoms with Gasteiger partial charge in [0.15, 0.2) is 0 Å². The second-order valence-electron chi connectivity index (χ2n) is 12.4. The van der Waals surface area contributed by atoms with Gasteiger partial charge in [-0.2, -0.15) is 0 Å². The molecule has 224 valence electrons. The quantitative estimate of drug-likeness (QED) is 0.178. The van der Waals surface area contributed by atoms with Gasteiger partial charge in [0.25, 0.3) is 5.91 Å². The minimum absolute atomic E-state index is 0.121. The summed E-state index contributed by atoms with van der Waals surface area (Å²) < 4.78 is 14.7. The number of nitrogens with one attached hydrogen (secondary N) is 2. The zero-order valence-corrected chi connectivity index (χ0v) is 25.8. The van der Waals surface area contributed by atoms with E-state index in [0.29, 0.717) is 35.6 Å². The van der Waals surface area contributed by atoms with Crippen LogP contribution in [-0.2, 0) is 31.4 Å². The van der Waals surface area contributed by atoms with Crippen molar-refractivity contribution in [2.24, 2.45) is 5.92 Å². The highest BCUT2D eigenvalue weighted by atomic mass is 32.1. The Kier molecular flexibility index (Phi) is 7.17. The number of hydrogen-bond donors (Lipinski definition) is 3. The Hall–Kier alpha value is -4.21. The van der Waals surface area contributed by atoms with Gasteiger partial charge in [-0.25, -0.2) is 9.37 Å². The molecule has 0 saturated carbocycles. The number of amides is 1. The molecule has 1 aliphatic carbocycles. The molecule has 1 amide bonds. The molecule has 5 aromatic rings. The van der Waals surface area contributed by atoms with Crippen molar-refractivity contribution in [3.63, 3.8) is 0 Å². The van der Waals surface area contributed by atoms with E-state index in [2.05, 4.69) is 41.6 Å². The van der Waals surface area contributed by atoms with Gasteiger partial charge in [-0.15, -0.1) is 11.3 Å². The molecule has 0 fully saturated rings. The lowest BCUT2D eigenvalue weighted by atomic mass is 9.86. The van der Waals surface area contributed by atoms with Crippen molar-refractivity contribution < 1.29 is 14.3 Å². The Bertz CT molecular complexity index is 1900. The van der Waals surface area contributed by atoms with Crippen molar-refractivity contribution in [3.8, 4) is 10.4 Å². The smallest absolute Gasteiger partial charge is 0.254 e. The number of thiophene rings is 1. The summed E-state index contributed by atoms with van der Waals surface area (Å²) in [5, 5.41) is 18.6. The van der Waals surface area contributed by atoms with Gasteiger partial charge >= 0.3 is 0 Å². The number of hydrogen-bond acceptors (Lipinski definition) is 7. The first-order chi connectivity index (χ1) is 21.2. The van der Waals surface area contributed by atoms with Gasteiger partial charge < -0.3 is 15.7 Å². The summed E-state index contributed by atoms with van der Waals surface area (Å²) in [7, 11) is 0. The van der Waals surface area contributed by atoms with E-state index in [1.165, 1.54) is 17.7 Å². The first-order valence-electron chi connectivity index (χ1n) is 15.1. The number of rotatable bonds is 8. The lowest BCUT2D eigenvalue weighted by Crippen LogP contribution is -2.39. The Morgan fingerprint density at radius 1 is 1.14 bits per heavy atom. The summed E-state index contributed by atoms with van der Waals surface area (Å²) >= 11 is 1.57. The SMILES string of the molecule is CC(C)Cc1nc2c(c(-c3cc4ccnc(NC5CCc6ncccc65)c4s3)c1CO)C(=O)N[C@@]2(C)Cc1ccc(F)cc1. The number of nitrogens with zero attached hydrogens (tertiary/aromatic N) is 3. The number of aliphatic hydroxyl groups excluding tert-OH is 1. The minimum atomic E-state index is -0.798. The van der Waals surface area contributed by atoms with E-state index in [-0.39, 0.29) is 24.4 Å². The zero-order valence-electron chi connectivity index (χ0n) is 24.9. The predicted octanol–water partition coefficient (Wildman–Crippen LogP) is 6.88. The molecule has 5 heterocycles. The molecule has 3 N–H and O–H groups in total. The molecule has 1 unspecified atom stereocenters. The number of aromatic nitrogens is 3. The number of carbonyl (C=O) groups excluding carboxylic acids is 1. The Balaban J connectivity index is 1.36. The Morgan fingerprint density at radius 3 is 2.73 bits per heavy atom. The van der Waals surface area contributed by atoms with E-state index in [0.717, 1.165) is 56.1 Å². The molecule has 1 aliphatic heterocycles. The molecule has 0 radical (unpaired) electrons. The van der Waals surface area contributed by atoms with Crippen LogP contribution in [0.5, 0.6) is 0 Å². The second-order valence-corrected chi connectivity index (χ2v) is 13.5. The average molecular weight is 608 g/mol. The number of halogens is 1. The fourth-order valence-corrected chi connectivity index (χ4v) is 7.91. The number of anilines is 1. The van der Waals surface area contributed by atoms with Gasteiger partial charge in [-0.3, -0.25) is 14.8 Å². The second kappa shape index (κ2) is 11.1. The van der Waals surface area contributed by atoms with Crippen LogP contribution in [0, 0.1) is 11.7 Å². The van der Waals surface area contributed by atoms with Gasteiger partial charge in [0.05, 0.1) is 34.1 Å². The molecule has 7 nitrogen and oxygen atoms in total. The molecule has 1 aromatic carbocycles. The third-order valence-corrected chi connectivity index (χ3v) is 9.89. The van der Waals surface area contributed by atoms with Gasteiger partial charge in [-0.05, 0) is 78.9 Å². The van der Waals surface area contributed by atoms with Crippen LogP contribution in [0.1, 0.15) is 77.4 Å². The topological polar surface area (TPSA) is 100 Å². The number of pyridine rings is 3. The minimum Gasteiger partial charge on any atom is -0.392 e. The summed E-state index contributed by atoms with van der Waals surface area (Å²) in [6.45, 7) is 5.98. The molecule has 9 heteroatoms. The normalized spacial score (nSPS) is 19.0. The molecule has 2 aliphatic rings. The highest BCUT2D eigenvalue weighted by molar-refractivity contribution is 7.22. The van der Waals surface area contributed by atoms with E-state index in [1.807, 2.05) is 25.3 Å². The van der Waals surface area contributed by atoms with Crippen LogP contribution in [-0.4, -0.2) is 26.0 Å². The zero-order chi connectivity index (χ0) is 30.6. The Labute approximate surface area is 259 Å². The van der Waals surface area contributed by atoms with Crippen molar-refractivity contribution >= 4 is 33.1 Å². The van der Waals surface area contributed by atoms with Gasteiger partial charge in [0.2, 0.25) is 0 Å². The van der Waals surface area contributed by atoms with Gasteiger partial charge in [0, 0.05) is 46.2 Å². The summed E-state index contributed by atoms with van der Waals surface area (Å²) in [5.41, 5.74) is 5.79. The molecular weight excluding hydrogens is 573 g/mol. The largest absolute Gasteiger partial charge is 0.392 e. The number of aryl methyl sites for hydroxylation is 1. The van der Waals surface area contributed by atoms with E-state index in [9.17, 15) is 14.3 Å². The van der Waals surface area contributed by atoms with Crippen LogP contribution in [0.2, 0.25) is 0 Å².